The van der Waals surface area contributed by atoms with E-state index in [0.29, 0.717) is 11.1 Å². The van der Waals surface area contributed by atoms with Crippen LogP contribution >= 0.6 is 12.4 Å². The number of hydrogen-bond acceptors (Lipinski definition) is 4. The van der Waals surface area contributed by atoms with Gasteiger partial charge in [0, 0.05) is 18.2 Å². The average molecular weight is 314 g/mol. The fourth-order valence-electron chi connectivity index (χ4n) is 3.06. The first-order valence-electron chi connectivity index (χ1n) is 7.19. The Morgan fingerprint density at radius 3 is 2.62 bits per heavy atom. The number of aldehydes is 1. The van der Waals surface area contributed by atoms with Crippen molar-refractivity contribution in [3.63, 3.8) is 0 Å². The zero-order valence-electron chi connectivity index (χ0n) is 12.3. The first-order chi connectivity index (χ1) is 9.61. The molecule has 0 amide bonds. The molecule has 118 valence electrons. The Morgan fingerprint density at radius 2 is 2.05 bits per heavy atom. The number of halogens is 1. The summed E-state index contributed by atoms with van der Waals surface area (Å²) < 4.78 is 5.45. The average Bonchev–Trinajstić information content (AvgIpc) is 2.54. The molecule has 1 aliphatic rings. The monoisotopic (exact) mass is 313 g/mol. The van der Waals surface area contributed by atoms with Gasteiger partial charge in [-0.25, -0.2) is 0 Å². The van der Waals surface area contributed by atoms with Gasteiger partial charge in [-0.05, 0) is 24.8 Å². The molecular formula is C16H24ClNO3. The number of ether oxygens (including phenoxy) is 1. The molecule has 0 radical (unpaired) electrons. The van der Waals surface area contributed by atoms with Crippen LogP contribution < -0.4 is 5.73 Å². The number of aliphatic hydroxyl groups excluding tert-OH is 1. The maximum Gasteiger partial charge on any atom is 0.168 e. The maximum atomic E-state index is 10.9. The Balaban J connectivity index is 0.00000220. The summed E-state index contributed by atoms with van der Waals surface area (Å²) in [6.45, 7) is 0. The van der Waals surface area contributed by atoms with Gasteiger partial charge in [0.15, 0.2) is 5.72 Å². The molecule has 1 fully saturated rings. The van der Waals surface area contributed by atoms with E-state index in [2.05, 4.69) is 0 Å². The van der Waals surface area contributed by atoms with E-state index in [9.17, 15) is 9.90 Å². The van der Waals surface area contributed by atoms with Gasteiger partial charge in [-0.15, -0.1) is 12.4 Å². The highest BCUT2D eigenvalue weighted by Crippen LogP contribution is 2.35. The lowest BCUT2D eigenvalue weighted by Crippen LogP contribution is -2.53. The molecule has 0 heterocycles. The fraction of sp³-hybridized carbons (Fsp3) is 0.562. The molecule has 3 N–H and O–H groups in total. The van der Waals surface area contributed by atoms with Crippen molar-refractivity contribution in [1.29, 1.82) is 0 Å². The lowest BCUT2D eigenvalue weighted by molar-refractivity contribution is -0.132. The second-order valence-corrected chi connectivity index (χ2v) is 5.58. The van der Waals surface area contributed by atoms with E-state index in [4.69, 9.17) is 10.5 Å². The van der Waals surface area contributed by atoms with Gasteiger partial charge in [0.1, 0.15) is 12.4 Å². The van der Waals surface area contributed by atoms with Gasteiger partial charge >= 0.3 is 0 Å². The van der Waals surface area contributed by atoms with Crippen LogP contribution in [0, 0.1) is 5.92 Å². The molecule has 2 atom stereocenters. The van der Waals surface area contributed by atoms with E-state index >= 15 is 0 Å². The summed E-state index contributed by atoms with van der Waals surface area (Å²) in [4.78, 5) is 10.9. The van der Waals surface area contributed by atoms with Crippen LogP contribution in [0.25, 0.3) is 0 Å². The number of hydrogen-bond donors (Lipinski definition) is 2. The Hall–Kier alpha value is -0.940. The summed E-state index contributed by atoms with van der Waals surface area (Å²) in [7, 11) is 1.50. The van der Waals surface area contributed by atoms with E-state index in [0.717, 1.165) is 32.0 Å². The second-order valence-electron chi connectivity index (χ2n) is 5.58. The molecule has 21 heavy (non-hydrogen) atoms. The molecule has 0 unspecified atom stereocenters. The quantitative estimate of drug-likeness (QED) is 0.647. The molecule has 4 nitrogen and oxygen atoms in total. The predicted molar refractivity (Wildman–Crippen MR) is 84.5 cm³/mol. The third-order valence-electron chi connectivity index (χ3n) is 4.35. The van der Waals surface area contributed by atoms with Crippen LogP contribution in [0.4, 0.5) is 0 Å². The summed E-state index contributed by atoms with van der Waals surface area (Å²) in [6.07, 6.45) is 5.40. The highest BCUT2D eigenvalue weighted by Gasteiger charge is 2.41. The zero-order valence-corrected chi connectivity index (χ0v) is 13.1. The van der Waals surface area contributed by atoms with Crippen molar-refractivity contribution in [2.75, 3.05) is 7.11 Å². The number of carbonyl (C=O) groups excluding carboxylic acids is 1. The van der Waals surface area contributed by atoms with E-state index in [1.54, 1.807) is 24.3 Å². The largest absolute Gasteiger partial charge is 0.388 e. The van der Waals surface area contributed by atoms with Crippen molar-refractivity contribution in [2.24, 2.45) is 11.7 Å². The molecule has 1 aromatic carbocycles. The Kier molecular flexibility index (Phi) is 6.81. The lowest BCUT2D eigenvalue weighted by Gasteiger charge is -2.39. The fourth-order valence-corrected chi connectivity index (χ4v) is 3.06. The number of aliphatic hydroxyl groups is 1. The smallest absolute Gasteiger partial charge is 0.168 e. The van der Waals surface area contributed by atoms with Gasteiger partial charge in [0.2, 0.25) is 0 Å². The molecule has 0 bridgehead atoms. The number of benzene rings is 1. The van der Waals surface area contributed by atoms with Crippen LogP contribution in [0.15, 0.2) is 24.3 Å². The molecule has 1 saturated carbocycles. The predicted octanol–water partition coefficient (Wildman–Crippen LogP) is 2.62. The summed E-state index contributed by atoms with van der Waals surface area (Å²) in [5.74, 6) is 0.147. The van der Waals surface area contributed by atoms with Gasteiger partial charge in [-0.1, -0.05) is 37.5 Å². The highest BCUT2D eigenvalue weighted by atomic mass is 35.5. The van der Waals surface area contributed by atoms with E-state index in [-0.39, 0.29) is 18.3 Å². The van der Waals surface area contributed by atoms with Gasteiger partial charge in [-0.2, -0.15) is 0 Å². The van der Waals surface area contributed by atoms with Crippen molar-refractivity contribution in [3.05, 3.63) is 35.4 Å². The van der Waals surface area contributed by atoms with Gasteiger partial charge in [0.25, 0.3) is 0 Å². The van der Waals surface area contributed by atoms with Gasteiger partial charge < -0.3 is 9.84 Å². The Labute approximate surface area is 132 Å². The molecule has 1 aliphatic carbocycles. The van der Waals surface area contributed by atoms with Crippen molar-refractivity contribution in [3.8, 4) is 0 Å². The minimum atomic E-state index is -1.26. The van der Waals surface area contributed by atoms with Crippen LogP contribution in [-0.2, 0) is 10.5 Å². The highest BCUT2D eigenvalue weighted by molar-refractivity contribution is 5.85. The Morgan fingerprint density at radius 1 is 1.38 bits per heavy atom. The number of methoxy groups -OCH3 is 1. The maximum absolute atomic E-state index is 10.9. The van der Waals surface area contributed by atoms with E-state index in [1.165, 1.54) is 13.5 Å². The third-order valence-corrected chi connectivity index (χ3v) is 4.35. The number of nitrogens with two attached hydrogens (primary N) is 1. The molecule has 0 aliphatic heterocycles. The van der Waals surface area contributed by atoms with E-state index in [1.807, 2.05) is 0 Å². The molecule has 0 aromatic heterocycles. The standard InChI is InChI=1S/C16H23NO3.ClH/c1-20-16(17,14-9-5-6-12(10-14)11-18)15(19)13-7-3-2-4-8-13;/h5-6,9-11,13,15,19H,2-4,7-8,17H2,1H3;1H/t15-,16-;/m0./s1. The lowest BCUT2D eigenvalue weighted by atomic mass is 9.79. The van der Waals surface area contributed by atoms with Crippen LogP contribution in [0.1, 0.15) is 48.0 Å². The molecule has 2 rings (SSSR count). The molecule has 0 spiro atoms. The normalized spacial score (nSPS) is 20.1. The molecular weight excluding hydrogens is 290 g/mol. The molecule has 5 heteroatoms. The van der Waals surface area contributed by atoms with Crippen molar-refractivity contribution in [1.82, 2.24) is 0 Å². The summed E-state index contributed by atoms with van der Waals surface area (Å²) >= 11 is 0. The summed E-state index contributed by atoms with van der Waals surface area (Å²) in [6, 6.07) is 6.94. The van der Waals surface area contributed by atoms with Crippen LogP contribution in [-0.4, -0.2) is 24.6 Å². The van der Waals surface area contributed by atoms with Crippen molar-refractivity contribution in [2.45, 2.75) is 43.9 Å². The molecule has 0 saturated heterocycles. The molecule has 1 aromatic rings. The van der Waals surface area contributed by atoms with Crippen molar-refractivity contribution >= 4 is 18.7 Å². The third kappa shape index (κ3) is 3.83. The van der Waals surface area contributed by atoms with Crippen LogP contribution in [0.3, 0.4) is 0 Å². The first kappa shape index (κ1) is 18.1. The zero-order chi connectivity index (χ0) is 14.6. The SMILES string of the molecule is CO[C@@](N)(c1cccc(C=O)c1)[C@@H](O)C1CCCCC1.Cl. The van der Waals surface area contributed by atoms with Crippen molar-refractivity contribution < 1.29 is 14.6 Å². The van der Waals surface area contributed by atoms with Crippen LogP contribution in [0.5, 0.6) is 0 Å². The minimum Gasteiger partial charge on any atom is -0.388 e. The summed E-state index contributed by atoms with van der Waals surface area (Å²) in [5.41, 5.74) is 6.24. The van der Waals surface area contributed by atoms with Gasteiger partial charge in [0.05, 0.1) is 0 Å². The minimum absolute atomic E-state index is 0. The van der Waals surface area contributed by atoms with Gasteiger partial charge in [-0.3, -0.25) is 10.5 Å². The Bertz CT molecular complexity index is 463. The first-order valence-corrected chi connectivity index (χ1v) is 7.19. The summed E-state index contributed by atoms with van der Waals surface area (Å²) in [5, 5.41) is 10.7. The number of rotatable bonds is 5. The number of carbonyl (C=O) groups is 1. The topological polar surface area (TPSA) is 72.5 Å². The van der Waals surface area contributed by atoms with Crippen LogP contribution in [0.2, 0.25) is 0 Å². The van der Waals surface area contributed by atoms with E-state index < -0.39 is 11.8 Å². The second kappa shape index (κ2) is 7.90.